The molecule has 1 unspecified atom stereocenters. The lowest BCUT2D eigenvalue weighted by atomic mass is 9.65. The van der Waals surface area contributed by atoms with Crippen LogP contribution in [0, 0.1) is 17.8 Å². The van der Waals surface area contributed by atoms with E-state index in [1.807, 2.05) is 0 Å². The molecule has 1 aromatic carbocycles. The van der Waals surface area contributed by atoms with Crippen LogP contribution in [0.25, 0.3) is 11.1 Å². The Morgan fingerprint density at radius 2 is 2.09 bits per heavy atom. The molecule has 0 spiro atoms. The van der Waals surface area contributed by atoms with Crippen LogP contribution in [0.3, 0.4) is 0 Å². The van der Waals surface area contributed by atoms with Gasteiger partial charge in [0.1, 0.15) is 0 Å². The molecule has 0 saturated heterocycles. The number of oxazole rings is 1. The number of carbonyl (C=O) groups excluding carboxylic acids is 1. The zero-order valence-electron chi connectivity index (χ0n) is 12.4. The molecule has 3 saturated carbocycles. The van der Waals surface area contributed by atoms with Gasteiger partial charge in [0.2, 0.25) is 0 Å². The summed E-state index contributed by atoms with van der Waals surface area (Å²) in [5.41, 5.74) is 1.38. The molecule has 2 N–H and O–H groups in total. The lowest BCUT2D eigenvalue weighted by Gasteiger charge is -2.42. The SMILES string of the molecule is O=C(NCC1CC2CCC1CC2)c1cccc2oc(=O)[nH]c12. The molecule has 116 valence electrons. The van der Waals surface area contributed by atoms with Gasteiger partial charge in [0, 0.05) is 6.54 Å². The van der Waals surface area contributed by atoms with Gasteiger partial charge < -0.3 is 9.73 Å². The second-order valence-corrected chi connectivity index (χ2v) is 6.68. The first-order valence-corrected chi connectivity index (χ1v) is 8.11. The number of amides is 1. The molecule has 5 rings (SSSR count). The fourth-order valence-corrected chi connectivity index (χ4v) is 4.25. The van der Waals surface area contributed by atoms with Gasteiger partial charge in [0.25, 0.3) is 5.91 Å². The Hall–Kier alpha value is -2.04. The zero-order valence-corrected chi connectivity index (χ0v) is 12.4. The molecule has 1 amide bonds. The second kappa shape index (κ2) is 5.30. The molecule has 22 heavy (non-hydrogen) atoms. The third-order valence-electron chi connectivity index (χ3n) is 5.42. The van der Waals surface area contributed by atoms with E-state index in [2.05, 4.69) is 10.3 Å². The van der Waals surface area contributed by atoms with Crippen LogP contribution in [0.15, 0.2) is 27.4 Å². The van der Waals surface area contributed by atoms with Crippen LogP contribution < -0.4 is 11.1 Å². The van der Waals surface area contributed by atoms with Crippen molar-refractivity contribution >= 4 is 17.0 Å². The van der Waals surface area contributed by atoms with Crippen LogP contribution >= 0.6 is 0 Å². The third kappa shape index (κ3) is 2.34. The molecule has 1 atom stereocenters. The Morgan fingerprint density at radius 1 is 1.27 bits per heavy atom. The first-order chi connectivity index (χ1) is 10.7. The Bertz CT molecular complexity index is 753. The maximum atomic E-state index is 12.4. The largest absolute Gasteiger partial charge is 0.417 e. The number of hydrogen-bond acceptors (Lipinski definition) is 3. The molecular weight excluding hydrogens is 280 g/mol. The number of aromatic amines is 1. The highest BCUT2D eigenvalue weighted by Crippen LogP contribution is 2.44. The van der Waals surface area contributed by atoms with Crippen molar-refractivity contribution < 1.29 is 9.21 Å². The molecule has 5 heteroatoms. The number of para-hydroxylation sites is 1. The van der Waals surface area contributed by atoms with E-state index in [-0.39, 0.29) is 5.91 Å². The minimum atomic E-state index is -0.528. The summed E-state index contributed by atoms with van der Waals surface area (Å²) in [5.74, 6) is 1.58. The first kappa shape index (κ1) is 13.6. The highest BCUT2D eigenvalue weighted by atomic mass is 16.4. The summed E-state index contributed by atoms with van der Waals surface area (Å²) in [6.07, 6.45) is 6.61. The summed E-state index contributed by atoms with van der Waals surface area (Å²) in [6.45, 7) is 0.735. The number of nitrogens with one attached hydrogen (secondary N) is 2. The third-order valence-corrected chi connectivity index (χ3v) is 5.42. The second-order valence-electron chi connectivity index (χ2n) is 6.68. The van der Waals surface area contributed by atoms with Crippen LogP contribution in [-0.2, 0) is 0 Å². The van der Waals surface area contributed by atoms with Crippen molar-refractivity contribution in [1.29, 1.82) is 0 Å². The molecule has 3 aliphatic rings. The molecule has 3 aliphatic carbocycles. The monoisotopic (exact) mass is 300 g/mol. The van der Waals surface area contributed by atoms with E-state index in [1.165, 1.54) is 32.1 Å². The molecule has 0 aliphatic heterocycles. The van der Waals surface area contributed by atoms with Crippen LogP contribution in [0.1, 0.15) is 42.5 Å². The minimum Gasteiger partial charge on any atom is -0.408 e. The van der Waals surface area contributed by atoms with Gasteiger partial charge in [-0.05, 0) is 49.1 Å². The molecule has 5 nitrogen and oxygen atoms in total. The van der Waals surface area contributed by atoms with E-state index >= 15 is 0 Å². The molecule has 0 radical (unpaired) electrons. The van der Waals surface area contributed by atoms with Crippen LogP contribution in [0.5, 0.6) is 0 Å². The van der Waals surface area contributed by atoms with Crippen LogP contribution in [-0.4, -0.2) is 17.4 Å². The number of fused-ring (bicyclic) bond motifs is 4. The van der Waals surface area contributed by atoms with Crippen molar-refractivity contribution in [2.24, 2.45) is 17.8 Å². The van der Waals surface area contributed by atoms with Gasteiger partial charge in [-0.2, -0.15) is 0 Å². The Labute approximate surface area is 128 Å². The highest BCUT2D eigenvalue weighted by Gasteiger charge is 2.35. The van der Waals surface area contributed by atoms with Gasteiger partial charge in [0.05, 0.1) is 11.1 Å². The molecule has 2 bridgehead atoms. The van der Waals surface area contributed by atoms with Crippen molar-refractivity contribution in [3.8, 4) is 0 Å². The van der Waals surface area contributed by atoms with E-state index < -0.39 is 5.76 Å². The van der Waals surface area contributed by atoms with Crippen molar-refractivity contribution in [3.05, 3.63) is 34.3 Å². The number of hydrogen-bond donors (Lipinski definition) is 2. The predicted molar refractivity (Wildman–Crippen MR) is 82.7 cm³/mol. The number of aromatic nitrogens is 1. The summed E-state index contributed by atoms with van der Waals surface area (Å²) >= 11 is 0. The van der Waals surface area contributed by atoms with E-state index in [9.17, 15) is 9.59 Å². The number of H-pyrrole nitrogens is 1. The van der Waals surface area contributed by atoms with Gasteiger partial charge in [-0.25, -0.2) is 4.79 Å². The average molecular weight is 300 g/mol. The Kier molecular flexibility index (Phi) is 3.28. The van der Waals surface area contributed by atoms with Crippen molar-refractivity contribution in [1.82, 2.24) is 10.3 Å². The minimum absolute atomic E-state index is 0.135. The van der Waals surface area contributed by atoms with Crippen molar-refractivity contribution in [3.63, 3.8) is 0 Å². The Morgan fingerprint density at radius 3 is 2.82 bits per heavy atom. The van der Waals surface area contributed by atoms with Crippen LogP contribution in [0.4, 0.5) is 0 Å². The van der Waals surface area contributed by atoms with Gasteiger partial charge in [0.15, 0.2) is 5.58 Å². The fourth-order valence-electron chi connectivity index (χ4n) is 4.25. The topological polar surface area (TPSA) is 75.1 Å². The lowest BCUT2D eigenvalue weighted by molar-refractivity contribution is 0.0830. The smallest absolute Gasteiger partial charge is 0.408 e. The zero-order chi connectivity index (χ0) is 15.1. The molecule has 2 aromatic rings. The summed E-state index contributed by atoms with van der Waals surface area (Å²) in [5, 5.41) is 3.05. The average Bonchev–Trinajstić information content (AvgIpc) is 2.93. The van der Waals surface area contributed by atoms with Gasteiger partial charge in [-0.15, -0.1) is 0 Å². The summed E-state index contributed by atoms with van der Waals surface area (Å²) in [6, 6.07) is 5.14. The first-order valence-electron chi connectivity index (χ1n) is 8.11. The molecule has 1 heterocycles. The number of rotatable bonds is 3. The standard InChI is InChI=1S/C17H20N2O3/c20-16(13-2-1-3-14-15(13)19-17(21)22-14)18-9-12-8-10-4-6-11(12)7-5-10/h1-3,10-12H,4-9H2,(H,18,20)(H,19,21). The van der Waals surface area contributed by atoms with Crippen LogP contribution in [0.2, 0.25) is 0 Å². The van der Waals surface area contributed by atoms with Crippen molar-refractivity contribution in [2.45, 2.75) is 32.1 Å². The van der Waals surface area contributed by atoms with E-state index in [4.69, 9.17) is 4.42 Å². The molecule has 1 aromatic heterocycles. The summed E-state index contributed by atoms with van der Waals surface area (Å²) in [7, 11) is 0. The van der Waals surface area contributed by atoms with E-state index in [0.29, 0.717) is 22.6 Å². The van der Waals surface area contributed by atoms with E-state index in [1.54, 1.807) is 18.2 Å². The summed E-state index contributed by atoms with van der Waals surface area (Å²) < 4.78 is 5.00. The van der Waals surface area contributed by atoms with Crippen molar-refractivity contribution in [2.75, 3.05) is 6.54 Å². The lowest BCUT2D eigenvalue weighted by Crippen LogP contribution is -2.39. The predicted octanol–water partition coefficient (Wildman–Crippen LogP) is 2.68. The Balaban J connectivity index is 1.48. The fraction of sp³-hybridized carbons (Fsp3) is 0.529. The van der Waals surface area contributed by atoms with E-state index in [0.717, 1.165) is 18.4 Å². The maximum absolute atomic E-state index is 12.4. The van der Waals surface area contributed by atoms with Gasteiger partial charge >= 0.3 is 5.76 Å². The maximum Gasteiger partial charge on any atom is 0.417 e. The van der Waals surface area contributed by atoms with Gasteiger partial charge in [-0.1, -0.05) is 18.9 Å². The molecular formula is C17H20N2O3. The highest BCUT2D eigenvalue weighted by molar-refractivity contribution is 6.04. The summed E-state index contributed by atoms with van der Waals surface area (Å²) in [4.78, 5) is 26.3. The molecule has 3 fully saturated rings. The number of benzene rings is 1. The van der Waals surface area contributed by atoms with Gasteiger partial charge in [-0.3, -0.25) is 9.78 Å². The quantitative estimate of drug-likeness (QED) is 0.915. The normalized spacial score (nSPS) is 27.2. The number of carbonyl (C=O) groups is 1.